The highest BCUT2D eigenvalue weighted by molar-refractivity contribution is 6.03. The molecule has 3 N–H and O–H groups in total. The number of halogens is 3. The van der Waals surface area contributed by atoms with Crippen LogP contribution in [0.15, 0.2) is 36.4 Å². The van der Waals surface area contributed by atoms with E-state index in [9.17, 15) is 22.8 Å². The molecule has 96 valence electrons. The number of alkyl halides is 3. The van der Waals surface area contributed by atoms with Crippen LogP contribution in [0.1, 0.15) is 5.56 Å². The second-order valence-corrected chi connectivity index (χ2v) is 3.30. The first-order chi connectivity index (χ1) is 8.29. The largest absolute Gasteiger partial charge is 0.416 e. The Hall–Kier alpha value is -2.31. The van der Waals surface area contributed by atoms with Gasteiger partial charge >= 0.3 is 6.18 Å². The van der Waals surface area contributed by atoms with Crippen LogP contribution in [0.3, 0.4) is 0 Å². The highest BCUT2D eigenvalue weighted by atomic mass is 19.4. The summed E-state index contributed by atoms with van der Waals surface area (Å²) >= 11 is 0. The Morgan fingerprint density at radius 2 is 1.67 bits per heavy atom. The summed E-state index contributed by atoms with van der Waals surface area (Å²) in [4.78, 5) is 21.5. The maximum atomic E-state index is 12.2. The third-order valence-corrected chi connectivity index (χ3v) is 1.88. The summed E-state index contributed by atoms with van der Waals surface area (Å²) in [6, 6.07) is 3.90. The average Bonchev–Trinajstić information content (AvgIpc) is 2.26. The zero-order valence-electron chi connectivity index (χ0n) is 8.99. The van der Waals surface area contributed by atoms with Crippen molar-refractivity contribution in [3.05, 3.63) is 42.0 Å². The van der Waals surface area contributed by atoms with E-state index in [1.807, 2.05) is 0 Å². The Labute approximate surface area is 100 Å². The first kappa shape index (κ1) is 13.8. The van der Waals surface area contributed by atoms with E-state index in [2.05, 4.69) is 5.32 Å². The number of anilines is 1. The number of rotatable bonds is 3. The number of benzene rings is 1. The van der Waals surface area contributed by atoms with E-state index in [4.69, 9.17) is 5.73 Å². The number of primary amides is 1. The summed E-state index contributed by atoms with van der Waals surface area (Å²) in [5, 5.41) is 2.28. The van der Waals surface area contributed by atoms with Gasteiger partial charge in [0.1, 0.15) is 0 Å². The van der Waals surface area contributed by atoms with Gasteiger partial charge in [0.25, 0.3) is 0 Å². The van der Waals surface area contributed by atoms with Crippen LogP contribution in [0.2, 0.25) is 0 Å². The van der Waals surface area contributed by atoms with Gasteiger partial charge in [-0.05, 0) is 24.3 Å². The van der Waals surface area contributed by atoms with E-state index < -0.39 is 23.6 Å². The minimum atomic E-state index is -4.42. The van der Waals surface area contributed by atoms with E-state index >= 15 is 0 Å². The standard InChI is InChI=1S/C11H9F3N2O2/c12-11(13,14)7-1-3-8(4-2-7)16-10(18)6-5-9(15)17/h1-6H,(H2,15,17)(H,16,18). The van der Waals surface area contributed by atoms with Crippen molar-refractivity contribution < 1.29 is 22.8 Å². The zero-order chi connectivity index (χ0) is 13.8. The lowest BCUT2D eigenvalue weighted by atomic mass is 10.2. The van der Waals surface area contributed by atoms with Crippen molar-refractivity contribution in [2.75, 3.05) is 5.32 Å². The predicted octanol–water partition coefficient (Wildman–Crippen LogP) is 1.69. The predicted molar refractivity (Wildman–Crippen MR) is 58.4 cm³/mol. The van der Waals surface area contributed by atoms with Crippen LogP contribution >= 0.6 is 0 Å². The second-order valence-electron chi connectivity index (χ2n) is 3.30. The first-order valence-corrected chi connectivity index (χ1v) is 4.75. The van der Waals surface area contributed by atoms with Gasteiger partial charge in [-0.3, -0.25) is 9.59 Å². The molecule has 0 heterocycles. The molecular formula is C11H9F3N2O2. The maximum Gasteiger partial charge on any atom is 0.416 e. The second kappa shape index (κ2) is 5.35. The molecule has 0 aliphatic heterocycles. The van der Waals surface area contributed by atoms with Crippen LogP contribution in [0.25, 0.3) is 0 Å². The minimum Gasteiger partial charge on any atom is -0.366 e. The van der Waals surface area contributed by atoms with Gasteiger partial charge < -0.3 is 11.1 Å². The van der Waals surface area contributed by atoms with E-state index in [1.165, 1.54) is 0 Å². The molecule has 2 amide bonds. The van der Waals surface area contributed by atoms with Crippen molar-refractivity contribution >= 4 is 17.5 Å². The summed E-state index contributed by atoms with van der Waals surface area (Å²) in [5.41, 5.74) is 4.14. The van der Waals surface area contributed by atoms with Crippen LogP contribution in [-0.4, -0.2) is 11.8 Å². The van der Waals surface area contributed by atoms with Crippen LogP contribution < -0.4 is 11.1 Å². The lowest BCUT2D eigenvalue weighted by molar-refractivity contribution is -0.137. The number of carbonyl (C=O) groups is 2. The molecule has 18 heavy (non-hydrogen) atoms. The number of hydrogen-bond acceptors (Lipinski definition) is 2. The third-order valence-electron chi connectivity index (χ3n) is 1.88. The Morgan fingerprint density at radius 3 is 2.11 bits per heavy atom. The SMILES string of the molecule is NC(=O)C=CC(=O)Nc1ccc(C(F)(F)F)cc1. The number of nitrogens with one attached hydrogen (secondary N) is 1. The van der Waals surface area contributed by atoms with Gasteiger partial charge in [-0.15, -0.1) is 0 Å². The van der Waals surface area contributed by atoms with Gasteiger partial charge in [-0.2, -0.15) is 13.2 Å². The fraction of sp³-hybridized carbons (Fsp3) is 0.0909. The van der Waals surface area contributed by atoms with E-state index in [1.54, 1.807) is 0 Å². The van der Waals surface area contributed by atoms with Gasteiger partial charge in [-0.25, -0.2) is 0 Å². The lowest BCUT2D eigenvalue weighted by Crippen LogP contribution is -2.12. The molecule has 1 aromatic carbocycles. The lowest BCUT2D eigenvalue weighted by Gasteiger charge is -2.07. The highest BCUT2D eigenvalue weighted by Crippen LogP contribution is 2.29. The normalized spacial score (nSPS) is 11.5. The summed E-state index contributed by atoms with van der Waals surface area (Å²) in [7, 11) is 0. The van der Waals surface area contributed by atoms with E-state index in [0.29, 0.717) is 0 Å². The van der Waals surface area contributed by atoms with Gasteiger partial charge in [0.15, 0.2) is 0 Å². The smallest absolute Gasteiger partial charge is 0.366 e. The molecule has 0 aromatic heterocycles. The van der Waals surface area contributed by atoms with Crippen LogP contribution in [0.5, 0.6) is 0 Å². The third kappa shape index (κ3) is 4.28. The molecule has 0 aliphatic carbocycles. The van der Waals surface area contributed by atoms with Gasteiger partial charge in [0, 0.05) is 17.8 Å². The quantitative estimate of drug-likeness (QED) is 0.810. The number of amides is 2. The Kier molecular flexibility index (Phi) is 4.09. The summed E-state index contributed by atoms with van der Waals surface area (Å²) < 4.78 is 36.7. The summed E-state index contributed by atoms with van der Waals surface area (Å²) in [6.45, 7) is 0. The molecule has 0 saturated carbocycles. The van der Waals surface area contributed by atoms with Crippen molar-refractivity contribution in [3.8, 4) is 0 Å². The Morgan fingerprint density at radius 1 is 1.11 bits per heavy atom. The molecule has 0 unspecified atom stereocenters. The molecule has 0 saturated heterocycles. The molecule has 0 aliphatic rings. The molecule has 4 nitrogen and oxygen atoms in total. The molecular weight excluding hydrogens is 249 g/mol. The van der Waals surface area contributed by atoms with Crippen LogP contribution in [0, 0.1) is 0 Å². The van der Waals surface area contributed by atoms with Crippen molar-refractivity contribution in [1.29, 1.82) is 0 Å². The summed E-state index contributed by atoms with van der Waals surface area (Å²) in [5.74, 6) is -1.45. The van der Waals surface area contributed by atoms with Crippen molar-refractivity contribution in [3.63, 3.8) is 0 Å². The molecule has 0 radical (unpaired) electrons. The monoisotopic (exact) mass is 258 g/mol. The molecule has 0 fully saturated rings. The van der Waals surface area contributed by atoms with Gasteiger partial charge in [-0.1, -0.05) is 0 Å². The number of hydrogen-bond donors (Lipinski definition) is 2. The molecule has 1 aromatic rings. The van der Waals surface area contributed by atoms with Crippen LogP contribution in [-0.2, 0) is 15.8 Å². The molecule has 0 bridgehead atoms. The fourth-order valence-corrected chi connectivity index (χ4v) is 1.08. The maximum absolute atomic E-state index is 12.2. The van der Waals surface area contributed by atoms with Gasteiger partial charge in [0.05, 0.1) is 5.56 Å². The minimum absolute atomic E-state index is 0.183. The average molecular weight is 258 g/mol. The number of carbonyl (C=O) groups excluding carboxylic acids is 2. The number of nitrogens with two attached hydrogens (primary N) is 1. The first-order valence-electron chi connectivity index (χ1n) is 4.75. The summed E-state index contributed by atoms with van der Waals surface area (Å²) in [6.07, 6.45) is -2.69. The molecule has 1 rings (SSSR count). The topological polar surface area (TPSA) is 72.2 Å². The van der Waals surface area contributed by atoms with Crippen molar-refractivity contribution in [1.82, 2.24) is 0 Å². The van der Waals surface area contributed by atoms with E-state index in [0.717, 1.165) is 36.4 Å². The molecule has 7 heteroatoms. The van der Waals surface area contributed by atoms with Crippen molar-refractivity contribution in [2.45, 2.75) is 6.18 Å². The van der Waals surface area contributed by atoms with Crippen LogP contribution in [0.4, 0.5) is 18.9 Å². The molecule has 0 atom stereocenters. The van der Waals surface area contributed by atoms with Crippen molar-refractivity contribution in [2.24, 2.45) is 5.73 Å². The Bertz CT molecular complexity index is 478. The zero-order valence-corrected chi connectivity index (χ0v) is 8.99. The van der Waals surface area contributed by atoms with E-state index in [-0.39, 0.29) is 5.69 Å². The molecule has 0 spiro atoms. The highest BCUT2D eigenvalue weighted by Gasteiger charge is 2.29. The Balaban J connectivity index is 2.70. The fourth-order valence-electron chi connectivity index (χ4n) is 1.08. The van der Waals surface area contributed by atoms with Gasteiger partial charge in [0.2, 0.25) is 11.8 Å².